The largest absolute Gasteiger partial charge is 0.370 e. The molecule has 0 aromatic heterocycles. The minimum Gasteiger partial charge on any atom is -0.370 e. The molecule has 0 aliphatic heterocycles. The van der Waals surface area contributed by atoms with Crippen LogP contribution in [0.2, 0.25) is 5.02 Å². The first-order valence-corrected chi connectivity index (χ1v) is 9.36. The quantitative estimate of drug-likeness (QED) is 0.830. The summed E-state index contributed by atoms with van der Waals surface area (Å²) in [4.78, 5) is 2.24. The van der Waals surface area contributed by atoms with Gasteiger partial charge in [-0.15, -0.1) is 0 Å². The SMILES string of the molecule is CCN(CCNS(=O)(=O)c1ccccc1Cl)c1cccc(C)c1. The predicted molar refractivity (Wildman–Crippen MR) is 95.7 cm³/mol. The summed E-state index contributed by atoms with van der Waals surface area (Å²) in [6.45, 7) is 5.79. The third-order valence-electron chi connectivity index (χ3n) is 3.55. The van der Waals surface area contributed by atoms with Gasteiger partial charge in [0, 0.05) is 25.3 Å². The van der Waals surface area contributed by atoms with Gasteiger partial charge in [0.2, 0.25) is 10.0 Å². The molecule has 2 aromatic carbocycles. The van der Waals surface area contributed by atoms with Crippen molar-refractivity contribution in [3.63, 3.8) is 0 Å². The van der Waals surface area contributed by atoms with Crippen LogP contribution in [0.1, 0.15) is 12.5 Å². The van der Waals surface area contributed by atoms with Gasteiger partial charge in [-0.2, -0.15) is 0 Å². The molecule has 1 N–H and O–H groups in total. The lowest BCUT2D eigenvalue weighted by molar-refractivity contribution is 0.581. The van der Waals surface area contributed by atoms with Gasteiger partial charge in [-0.05, 0) is 43.7 Å². The summed E-state index contributed by atoms with van der Waals surface area (Å²) in [5.41, 5.74) is 2.27. The van der Waals surface area contributed by atoms with Crippen LogP contribution in [0.4, 0.5) is 5.69 Å². The molecule has 0 radical (unpaired) electrons. The van der Waals surface area contributed by atoms with E-state index in [9.17, 15) is 8.42 Å². The number of nitrogens with zero attached hydrogens (tertiary/aromatic N) is 1. The second kappa shape index (κ2) is 7.81. The fraction of sp³-hybridized carbons (Fsp3) is 0.294. The molecule has 23 heavy (non-hydrogen) atoms. The van der Waals surface area contributed by atoms with Crippen LogP contribution in [-0.4, -0.2) is 28.1 Å². The Morgan fingerprint density at radius 2 is 1.87 bits per heavy atom. The molecular weight excluding hydrogens is 332 g/mol. The third kappa shape index (κ3) is 4.70. The van der Waals surface area contributed by atoms with Gasteiger partial charge in [0.1, 0.15) is 4.90 Å². The summed E-state index contributed by atoms with van der Waals surface area (Å²) < 4.78 is 27.2. The van der Waals surface area contributed by atoms with Crippen LogP contribution in [0, 0.1) is 6.92 Å². The molecule has 0 spiro atoms. The predicted octanol–water partition coefficient (Wildman–Crippen LogP) is 3.45. The van der Waals surface area contributed by atoms with E-state index in [1.54, 1.807) is 18.2 Å². The number of likely N-dealkylation sites (N-methyl/N-ethyl adjacent to an activating group) is 1. The molecular formula is C17H21ClN2O2S. The van der Waals surface area contributed by atoms with Crippen molar-refractivity contribution in [1.82, 2.24) is 4.72 Å². The molecule has 0 unspecified atom stereocenters. The molecule has 0 atom stereocenters. The van der Waals surface area contributed by atoms with E-state index in [2.05, 4.69) is 15.7 Å². The fourth-order valence-electron chi connectivity index (χ4n) is 2.35. The lowest BCUT2D eigenvalue weighted by Crippen LogP contribution is -2.35. The van der Waals surface area contributed by atoms with Gasteiger partial charge in [0.05, 0.1) is 5.02 Å². The Kier molecular flexibility index (Phi) is 6.04. The van der Waals surface area contributed by atoms with Gasteiger partial charge < -0.3 is 4.90 Å². The first kappa shape index (κ1) is 17.8. The van der Waals surface area contributed by atoms with Crippen molar-refractivity contribution in [2.24, 2.45) is 0 Å². The lowest BCUT2D eigenvalue weighted by atomic mass is 10.2. The van der Waals surface area contributed by atoms with Crippen LogP contribution in [0.25, 0.3) is 0 Å². The second-order valence-electron chi connectivity index (χ2n) is 5.25. The van der Waals surface area contributed by atoms with Crippen molar-refractivity contribution in [2.75, 3.05) is 24.5 Å². The number of sulfonamides is 1. The summed E-state index contributed by atoms with van der Waals surface area (Å²) in [6.07, 6.45) is 0. The van der Waals surface area contributed by atoms with E-state index < -0.39 is 10.0 Å². The zero-order valence-electron chi connectivity index (χ0n) is 13.3. The van der Waals surface area contributed by atoms with Crippen LogP contribution < -0.4 is 9.62 Å². The average Bonchev–Trinajstić information content (AvgIpc) is 2.52. The first-order valence-electron chi connectivity index (χ1n) is 7.50. The average molecular weight is 353 g/mol. The Labute approximate surface area is 143 Å². The van der Waals surface area contributed by atoms with Crippen LogP contribution >= 0.6 is 11.6 Å². The highest BCUT2D eigenvalue weighted by Crippen LogP contribution is 2.20. The van der Waals surface area contributed by atoms with Crippen LogP contribution in [0.5, 0.6) is 0 Å². The van der Waals surface area contributed by atoms with E-state index in [1.165, 1.54) is 11.6 Å². The van der Waals surface area contributed by atoms with Crippen molar-refractivity contribution in [2.45, 2.75) is 18.7 Å². The summed E-state index contributed by atoms with van der Waals surface area (Å²) in [7, 11) is -3.59. The number of hydrogen-bond donors (Lipinski definition) is 1. The number of hydrogen-bond acceptors (Lipinski definition) is 3. The highest BCUT2D eigenvalue weighted by Gasteiger charge is 2.17. The molecule has 0 heterocycles. The van der Waals surface area contributed by atoms with Gasteiger partial charge in [-0.1, -0.05) is 35.9 Å². The van der Waals surface area contributed by atoms with Crippen molar-refractivity contribution < 1.29 is 8.42 Å². The minimum atomic E-state index is -3.59. The van der Waals surface area contributed by atoms with Gasteiger partial charge >= 0.3 is 0 Å². The van der Waals surface area contributed by atoms with Gasteiger partial charge in [-0.3, -0.25) is 0 Å². The van der Waals surface area contributed by atoms with Crippen LogP contribution in [0.3, 0.4) is 0 Å². The Morgan fingerprint density at radius 3 is 2.52 bits per heavy atom. The standard InChI is InChI=1S/C17H21ClN2O2S/c1-3-20(15-8-6-7-14(2)13-15)12-11-19-23(21,22)17-10-5-4-9-16(17)18/h4-10,13,19H,3,11-12H2,1-2H3. The highest BCUT2D eigenvalue weighted by atomic mass is 35.5. The van der Waals surface area contributed by atoms with E-state index in [-0.39, 0.29) is 9.92 Å². The molecule has 4 nitrogen and oxygen atoms in total. The smallest absolute Gasteiger partial charge is 0.242 e. The highest BCUT2D eigenvalue weighted by molar-refractivity contribution is 7.89. The van der Waals surface area contributed by atoms with E-state index in [1.807, 2.05) is 32.0 Å². The van der Waals surface area contributed by atoms with E-state index in [0.717, 1.165) is 12.2 Å². The summed E-state index contributed by atoms with van der Waals surface area (Å²) >= 11 is 5.96. The zero-order valence-corrected chi connectivity index (χ0v) is 14.9. The summed E-state index contributed by atoms with van der Waals surface area (Å²) in [5, 5.41) is 0.228. The number of aryl methyl sites for hydroxylation is 1. The first-order chi connectivity index (χ1) is 10.9. The van der Waals surface area contributed by atoms with Crippen molar-refractivity contribution >= 4 is 27.3 Å². The Bertz CT molecular complexity index is 763. The van der Waals surface area contributed by atoms with E-state index in [0.29, 0.717) is 13.1 Å². The van der Waals surface area contributed by atoms with E-state index in [4.69, 9.17) is 11.6 Å². The number of rotatable bonds is 7. The molecule has 0 aliphatic carbocycles. The van der Waals surface area contributed by atoms with Crippen molar-refractivity contribution in [1.29, 1.82) is 0 Å². The van der Waals surface area contributed by atoms with Crippen LogP contribution in [0.15, 0.2) is 53.4 Å². The molecule has 2 aromatic rings. The molecule has 0 saturated carbocycles. The normalized spacial score (nSPS) is 11.4. The molecule has 0 fully saturated rings. The number of benzene rings is 2. The number of halogens is 1. The van der Waals surface area contributed by atoms with Gasteiger partial charge in [0.15, 0.2) is 0 Å². The maximum absolute atomic E-state index is 12.3. The van der Waals surface area contributed by atoms with Crippen molar-refractivity contribution in [3.8, 4) is 0 Å². The zero-order chi connectivity index (χ0) is 16.9. The topological polar surface area (TPSA) is 49.4 Å². The Morgan fingerprint density at radius 1 is 1.13 bits per heavy atom. The molecule has 0 bridgehead atoms. The molecule has 124 valence electrons. The Hall–Kier alpha value is -1.56. The maximum Gasteiger partial charge on any atom is 0.242 e. The summed E-state index contributed by atoms with van der Waals surface area (Å²) in [6, 6.07) is 14.6. The van der Waals surface area contributed by atoms with Gasteiger partial charge in [-0.25, -0.2) is 13.1 Å². The molecule has 0 aliphatic rings. The minimum absolute atomic E-state index is 0.111. The maximum atomic E-state index is 12.3. The number of nitrogens with one attached hydrogen (secondary N) is 1. The molecule has 0 saturated heterocycles. The Balaban J connectivity index is 2.02. The lowest BCUT2D eigenvalue weighted by Gasteiger charge is -2.23. The number of anilines is 1. The second-order valence-corrected chi connectivity index (χ2v) is 7.39. The van der Waals surface area contributed by atoms with Crippen molar-refractivity contribution in [3.05, 3.63) is 59.1 Å². The van der Waals surface area contributed by atoms with Gasteiger partial charge in [0.25, 0.3) is 0 Å². The monoisotopic (exact) mass is 352 g/mol. The third-order valence-corrected chi connectivity index (χ3v) is 5.51. The van der Waals surface area contributed by atoms with E-state index >= 15 is 0 Å². The molecule has 0 amide bonds. The van der Waals surface area contributed by atoms with Crippen LogP contribution in [-0.2, 0) is 10.0 Å². The summed E-state index contributed by atoms with van der Waals surface area (Å²) in [5.74, 6) is 0. The molecule has 2 rings (SSSR count). The molecule has 6 heteroatoms. The fourth-order valence-corrected chi connectivity index (χ4v) is 3.89.